The number of hydrogen-bond acceptors (Lipinski definition) is 2. The zero-order chi connectivity index (χ0) is 25.7. The van der Waals surface area contributed by atoms with E-state index in [-0.39, 0.29) is 16.7 Å². The first-order valence-electron chi connectivity index (χ1n) is 8.44. The summed E-state index contributed by atoms with van der Waals surface area (Å²) in [5, 5.41) is 1.67. The van der Waals surface area contributed by atoms with Crippen LogP contribution in [0.5, 0.6) is 0 Å². The standard InChI is InChI=1S/C17H10ClF13N2/c18-9-3-1-8(2-4-9)10-7-11(33-6-5-32-10)12(19,20)13(21,22)14(23,24)15(25,26)16(27,28)17(29,30)31/h1-4,7,33H,5-6H2. The monoisotopic (exact) mass is 524 g/mol. The van der Waals surface area contributed by atoms with Crippen LogP contribution >= 0.6 is 11.6 Å². The van der Waals surface area contributed by atoms with Gasteiger partial charge in [0.05, 0.1) is 18.0 Å². The molecule has 0 fully saturated rings. The Labute approximate surface area is 181 Å². The Morgan fingerprint density at radius 2 is 1.18 bits per heavy atom. The van der Waals surface area contributed by atoms with Crippen LogP contribution in [-0.4, -0.2) is 54.6 Å². The van der Waals surface area contributed by atoms with Crippen LogP contribution < -0.4 is 5.32 Å². The molecule has 33 heavy (non-hydrogen) atoms. The molecule has 2 nitrogen and oxygen atoms in total. The van der Waals surface area contributed by atoms with Gasteiger partial charge in [0.2, 0.25) is 0 Å². The van der Waals surface area contributed by atoms with Crippen molar-refractivity contribution in [2.75, 3.05) is 13.1 Å². The largest absolute Gasteiger partial charge is 0.460 e. The van der Waals surface area contributed by atoms with Gasteiger partial charge in [-0.25, -0.2) is 0 Å². The number of benzene rings is 1. The van der Waals surface area contributed by atoms with E-state index in [1.54, 1.807) is 0 Å². The van der Waals surface area contributed by atoms with Crippen molar-refractivity contribution in [2.24, 2.45) is 4.99 Å². The molecule has 1 aromatic carbocycles. The van der Waals surface area contributed by atoms with Crippen LogP contribution in [0.3, 0.4) is 0 Å². The Balaban J connectivity index is 2.58. The third kappa shape index (κ3) is 4.23. The molecule has 186 valence electrons. The number of rotatable bonds is 6. The van der Waals surface area contributed by atoms with Gasteiger partial charge >= 0.3 is 35.8 Å². The van der Waals surface area contributed by atoms with Gasteiger partial charge in [0, 0.05) is 11.6 Å². The van der Waals surface area contributed by atoms with E-state index in [2.05, 4.69) is 4.99 Å². The Morgan fingerprint density at radius 1 is 0.697 bits per heavy atom. The van der Waals surface area contributed by atoms with Crippen LogP contribution in [0.25, 0.3) is 0 Å². The van der Waals surface area contributed by atoms with Crippen molar-refractivity contribution in [2.45, 2.75) is 35.8 Å². The zero-order valence-corrected chi connectivity index (χ0v) is 16.3. The van der Waals surface area contributed by atoms with Gasteiger partial charge in [0.25, 0.3) is 0 Å². The van der Waals surface area contributed by atoms with E-state index in [0.717, 1.165) is 12.1 Å². The lowest BCUT2D eigenvalue weighted by molar-refractivity contribution is -0.437. The highest BCUT2D eigenvalue weighted by Gasteiger charge is 2.91. The number of allylic oxidation sites excluding steroid dienone is 2. The van der Waals surface area contributed by atoms with Crippen molar-refractivity contribution in [1.82, 2.24) is 5.32 Å². The van der Waals surface area contributed by atoms with Crippen LogP contribution in [0, 0.1) is 0 Å². The van der Waals surface area contributed by atoms with Crippen LogP contribution in [0.1, 0.15) is 5.56 Å². The molecule has 1 heterocycles. The maximum absolute atomic E-state index is 14.4. The summed E-state index contributed by atoms with van der Waals surface area (Å²) in [6.07, 6.45) is -7.40. The first-order valence-corrected chi connectivity index (χ1v) is 8.82. The van der Waals surface area contributed by atoms with Gasteiger partial charge in [0.15, 0.2) is 0 Å². The first-order chi connectivity index (χ1) is 14.7. The van der Waals surface area contributed by atoms with Crippen LogP contribution in [0.4, 0.5) is 57.1 Å². The van der Waals surface area contributed by atoms with Crippen molar-refractivity contribution >= 4 is 17.3 Å². The molecule has 0 amide bonds. The Morgan fingerprint density at radius 3 is 1.67 bits per heavy atom. The number of aliphatic imine (C=N–C) groups is 1. The quantitative estimate of drug-likeness (QED) is 0.431. The number of hydrogen-bond donors (Lipinski definition) is 1. The van der Waals surface area contributed by atoms with Gasteiger partial charge < -0.3 is 5.32 Å². The summed E-state index contributed by atoms with van der Waals surface area (Å²) in [6.45, 7) is -1.15. The second-order valence-corrected chi connectivity index (χ2v) is 7.06. The van der Waals surface area contributed by atoms with Gasteiger partial charge in [-0.05, 0) is 23.8 Å². The zero-order valence-electron chi connectivity index (χ0n) is 15.5. The fourth-order valence-electron chi connectivity index (χ4n) is 2.54. The number of halogens is 14. The van der Waals surface area contributed by atoms with Crippen molar-refractivity contribution in [1.29, 1.82) is 0 Å². The minimum Gasteiger partial charge on any atom is -0.381 e. The number of nitrogens with one attached hydrogen (secondary N) is 1. The molecule has 0 aliphatic carbocycles. The van der Waals surface area contributed by atoms with E-state index in [1.165, 1.54) is 17.4 Å². The maximum atomic E-state index is 14.4. The third-order valence-electron chi connectivity index (χ3n) is 4.40. The van der Waals surface area contributed by atoms with E-state index in [9.17, 15) is 57.1 Å². The highest BCUT2D eigenvalue weighted by molar-refractivity contribution is 6.30. The van der Waals surface area contributed by atoms with E-state index in [0.29, 0.717) is 0 Å². The van der Waals surface area contributed by atoms with Gasteiger partial charge in [0.1, 0.15) is 0 Å². The fourth-order valence-corrected chi connectivity index (χ4v) is 2.66. The predicted octanol–water partition coefficient (Wildman–Crippen LogP) is 6.36. The SMILES string of the molecule is FC(F)(F)C(F)(F)C(F)(F)C(F)(F)C(F)(F)C(F)(F)C1=CC(c2ccc(Cl)cc2)=NCCN1. The number of alkyl halides is 13. The summed E-state index contributed by atoms with van der Waals surface area (Å²) < 4.78 is 174. The summed E-state index contributed by atoms with van der Waals surface area (Å²) in [4.78, 5) is 3.70. The predicted molar refractivity (Wildman–Crippen MR) is 89.7 cm³/mol. The van der Waals surface area contributed by atoms with E-state index < -0.39 is 60.3 Å². The van der Waals surface area contributed by atoms with Crippen LogP contribution in [0.2, 0.25) is 5.02 Å². The molecule has 0 atom stereocenters. The topological polar surface area (TPSA) is 24.4 Å². The Kier molecular flexibility index (Phi) is 6.75. The molecule has 1 aliphatic rings. The molecule has 0 saturated heterocycles. The normalized spacial score (nSPS) is 17.2. The van der Waals surface area contributed by atoms with Crippen molar-refractivity contribution in [3.63, 3.8) is 0 Å². The van der Waals surface area contributed by atoms with E-state index >= 15 is 0 Å². The molecule has 0 radical (unpaired) electrons. The molecule has 2 rings (SSSR count). The Bertz CT molecular complexity index is 933. The lowest BCUT2D eigenvalue weighted by Crippen LogP contribution is -2.70. The van der Waals surface area contributed by atoms with Crippen LogP contribution in [-0.2, 0) is 0 Å². The molecule has 0 saturated carbocycles. The summed E-state index contributed by atoms with van der Waals surface area (Å²) in [5.41, 5.74) is -2.78. The van der Waals surface area contributed by atoms with Crippen LogP contribution in [0.15, 0.2) is 41.0 Å². The van der Waals surface area contributed by atoms with Gasteiger partial charge in [-0.3, -0.25) is 4.99 Å². The molecule has 1 aliphatic heterocycles. The summed E-state index contributed by atoms with van der Waals surface area (Å²) in [7, 11) is 0. The molecule has 1 N–H and O–H groups in total. The minimum atomic E-state index is -7.95. The molecule has 0 bridgehead atoms. The van der Waals surface area contributed by atoms with Gasteiger partial charge in [-0.1, -0.05) is 23.7 Å². The fraction of sp³-hybridized carbons (Fsp3) is 0.471. The van der Waals surface area contributed by atoms with Gasteiger partial charge in [-0.15, -0.1) is 0 Å². The second-order valence-electron chi connectivity index (χ2n) is 6.63. The molecular formula is C17H10ClF13N2. The molecule has 0 unspecified atom stereocenters. The molecule has 0 spiro atoms. The first kappa shape index (κ1) is 27.1. The lowest BCUT2D eigenvalue weighted by atomic mass is 9.92. The highest BCUT2D eigenvalue weighted by atomic mass is 35.5. The second kappa shape index (κ2) is 8.24. The van der Waals surface area contributed by atoms with E-state index in [1.807, 2.05) is 0 Å². The number of nitrogens with zero attached hydrogens (tertiary/aromatic N) is 1. The third-order valence-corrected chi connectivity index (χ3v) is 4.65. The molecule has 16 heteroatoms. The summed E-state index contributed by atoms with van der Waals surface area (Å²) >= 11 is 5.62. The molecule has 0 aromatic heterocycles. The smallest absolute Gasteiger partial charge is 0.381 e. The highest BCUT2D eigenvalue weighted by Crippen LogP contribution is 2.61. The van der Waals surface area contributed by atoms with Gasteiger partial charge in [-0.2, -0.15) is 57.1 Å². The minimum absolute atomic E-state index is 0.0558. The summed E-state index contributed by atoms with van der Waals surface area (Å²) in [6, 6.07) is 4.69. The summed E-state index contributed by atoms with van der Waals surface area (Å²) in [5.74, 6) is -37.4. The van der Waals surface area contributed by atoms with E-state index in [4.69, 9.17) is 11.6 Å². The van der Waals surface area contributed by atoms with Crippen molar-refractivity contribution in [3.05, 3.63) is 46.6 Å². The maximum Gasteiger partial charge on any atom is 0.460 e. The molecule has 1 aromatic rings. The van der Waals surface area contributed by atoms with Crippen molar-refractivity contribution < 1.29 is 57.1 Å². The lowest BCUT2D eigenvalue weighted by Gasteiger charge is -2.40. The molecular weight excluding hydrogens is 515 g/mol. The Hall–Kier alpha value is -2.19. The van der Waals surface area contributed by atoms with Crippen molar-refractivity contribution in [3.8, 4) is 0 Å². The average molecular weight is 525 g/mol. The average Bonchev–Trinajstić information content (AvgIpc) is 2.94.